The molecule has 0 atom stereocenters. The summed E-state index contributed by atoms with van der Waals surface area (Å²) in [6.45, 7) is 4.32. The van der Waals surface area contributed by atoms with Crippen LogP contribution in [0, 0.1) is 6.92 Å². The Morgan fingerprint density at radius 2 is 2.25 bits per heavy atom. The molecule has 1 N–H and O–H groups in total. The molecule has 66 valence electrons. The molecule has 0 spiro atoms. The summed E-state index contributed by atoms with van der Waals surface area (Å²) in [7, 11) is 0. The van der Waals surface area contributed by atoms with E-state index in [4.69, 9.17) is 0 Å². The molecule has 0 saturated carbocycles. The van der Waals surface area contributed by atoms with Crippen LogP contribution in [-0.4, -0.2) is 22.6 Å². The number of hydrogen-bond acceptors (Lipinski definition) is 2. The Balaban J connectivity index is 2.08. The van der Waals surface area contributed by atoms with Crippen LogP contribution in [0.4, 0.5) is 0 Å². The van der Waals surface area contributed by atoms with Crippen molar-refractivity contribution in [2.75, 3.05) is 13.1 Å². The van der Waals surface area contributed by atoms with Gasteiger partial charge in [0.15, 0.2) is 0 Å². The number of hydrogen-bond donors (Lipinski definition) is 1. The van der Waals surface area contributed by atoms with Crippen LogP contribution in [-0.2, 0) is 0 Å². The highest BCUT2D eigenvalue weighted by Crippen LogP contribution is 2.17. The van der Waals surface area contributed by atoms with Crippen LogP contribution in [0.5, 0.6) is 0 Å². The Labute approximate surface area is 72.8 Å². The van der Waals surface area contributed by atoms with Gasteiger partial charge in [-0.3, -0.25) is 0 Å². The minimum absolute atomic E-state index is 0.674. The first-order valence-electron chi connectivity index (χ1n) is 4.57. The molecule has 12 heavy (non-hydrogen) atoms. The van der Waals surface area contributed by atoms with Crippen molar-refractivity contribution in [3.63, 3.8) is 0 Å². The van der Waals surface area contributed by atoms with Crippen molar-refractivity contribution in [1.29, 1.82) is 0 Å². The topological polar surface area (TPSA) is 29.9 Å². The quantitative estimate of drug-likeness (QED) is 0.675. The zero-order chi connectivity index (χ0) is 8.39. The molecule has 0 radical (unpaired) electrons. The molecule has 1 fully saturated rings. The minimum atomic E-state index is 0.674. The van der Waals surface area contributed by atoms with Gasteiger partial charge in [0.1, 0.15) is 0 Å². The molecule has 3 heteroatoms. The maximum absolute atomic E-state index is 4.23. The van der Waals surface area contributed by atoms with Crippen LogP contribution in [0.25, 0.3) is 0 Å². The Bertz CT molecular complexity index is 248. The van der Waals surface area contributed by atoms with E-state index in [1.807, 2.05) is 13.3 Å². The van der Waals surface area contributed by atoms with E-state index in [1.165, 1.54) is 12.8 Å². The third-order valence-corrected chi connectivity index (χ3v) is 2.46. The van der Waals surface area contributed by atoms with E-state index in [-0.39, 0.29) is 0 Å². The van der Waals surface area contributed by atoms with Crippen LogP contribution >= 0.6 is 0 Å². The van der Waals surface area contributed by atoms with Crippen molar-refractivity contribution in [2.45, 2.75) is 25.8 Å². The number of aromatic nitrogens is 2. The lowest BCUT2D eigenvalue weighted by Crippen LogP contribution is -2.28. The van der Waals surface area contributed by atoms with Crippen LogP contribution in [0.3, 0.4) is 0 Å². The van der Waals surface area contributed by atoms with Crippen molar-refractivity contribution in [3.05, 3.63) is 18.2 Å². The van der Waals surface area contributed by atoms with E-state index < -0.39 is 0 Å². The highest BCUT2D eigenvalue weighted by Gasteiger charge is 2.13. The highest BCUT2D eigenvalue weighted by atomic mass is 15.1. The molecule has 1 saturated heterocycles. The Morgan fingerprint density at radius 1 is 1.50 bits per heavy atom. The predicted octanol–water partition coefficient (Wildman–Crippen LogP) is 1.12. The standard InChI is InChI=1S/C9H15N3/c1-8-6-12(7-11-8)9-2-4-10-5-3-9/h6-7,9-10H,2-5H2,1H3. The lowest BCUT2D eigenvalue weighted by Gasteiger charge is -2.23. The maximum Gasteiger partial charge on any atom is 0.0951 e. The van der Waals surface area contributed by atoms with Gasteiger partial charge in [-0.15, -0.1) is 0 Å². The van der Waals surface area contributed by atoms with Gasteiger partial charge in [0.25, 0.3) is 0 Å². The monoisotopic (exact) mass is 165 g/mol. The first kappa shape index (κ1) is 7.80. The smallest absolute Gasteiger partial charge is 0.0951 e. The van der Waals surface area contributed by atoms with E-state index >= 15 is 0 Å². The number of aryl methyl sites for hydroxylation is 1. The second-order valence-corrected chi connectivity index (χ2v) is 3.44. The third-order valence-electron chi connectivity index (χ3n) is 2.46. The molecule has 0 amide bonds. The van der Waals surface area contributed by atoms with Gasteiger partial charge in [-0.05, 0) is 32.9 Å². The molecule has 0 aromatic carbocycles. The van der Waals surface area contributed by atoms with Gasteiger partial charge in [0.05, 0.1) is 12.0 Å². The summed E-state index contributed by atoms with van der Waals surface area (Å²) < 4.78 is 2.25. The summed E-state index contributed by atoms with van der Waals surface area (Å²) in [5.74, 6) is 0. The average Bonchev–Trinajstić information content (AvgIpc) is 2.54. The SMILES string of the molecule is Cc1cn(C2CCNCC2)cn1. The summed E-state index contributed by atoms with van der Waals surface area (Å²) in [5, 5.41) is 3.36. The Kier molecular flexibility index (Phi) is 2.13. The van der Waals surface area contributed by atoms with E-state index in [9.17, 15) is 0 Å². The fraction of sp³-hybridized carbons (Fsp3) is 0.667. The van der Waals surface area contributed by atoms with Gasteiger partial charge in [-0.1, -0.05) is 0 Å². The lowest BCUT2D eigenvalue weighted by atomic mass is 10.1. The summed E-state index contributed by atoms with van der Waals surface area (Å²) in [6, 6.07) is 0.674. The van der Waals surface area contributed by atoms with Crippen molar-refractivity contribution >= 4 is 0 Å². The molecule has 0 aliphatic carbocycles. The van der Waals surface area contributed by atoms with Gasteiger partial charge in [0.2, 0.25) is 0 Å². The van der Waals surface area contributed by atoms with Crippen molar-refractivity contribution in [2.24, 2.45) is 0 Å². The molecular formula is C9H15N3. The third kappa shape index (κ3) is 1.50. The fourth-order valence-electron chi connectivity index (χ4n) is 1.74. The lowest BCUT2D eigenvalue weighted by molar-refractivity contribution is 0.368. The first-order valence-corrected chi connectivity index (χ1v) is 4.57. The molecule has 1 aliphatic rings. The number of nitrogens with zero attached hydrogens (tertiary/aromatic N) is 2. The summed E-state index contributed by atoms with van der Waals surface area (Å²) in [6.07, 6.45) is 6.55. The highest BCUT2D eigenvalue weighted by molar-refractivity contribution is 4.95. The second kappa shape index (κ2) is 3.27. The maximum atomic E-state index is 4.23. The van der Waals surface area contributed by atoms with Crippen molar-refractivity contribution < 1.29 is 0 Å². The number of nitrogens with one attached hydrogen (secondary N) is 1. The van der Waals surface area contributed by atoms with E-state index in [0.717, 1.165) is 18.8 Å². The van der Waals surface area contributed by atoms with Crippen molar-refractivity contribution in [1.82, 2.24) is 14.9 Å². The van der Waals surface area contributed by atoms with Crippen LogP contribution in [0.1, 0.15) is 24.6 Å². The van der Waals surface area contributed by atoms with Gasteiger partial charge in [0, 0.05) is 12.2 Å². The van der Waals surface area contributed by atoms with Gasteiger partial charge >= 0.3 is 0 Å². The van der Waals surface area contributed by atoms with Crippen LogP contribution < -0.4 is 5.32 Å². The fourth-order valence-corrected chi connectivity index (χ4v) is 1.74. The number of rotatable bonds is 1. The summed E-state index contributed by atoms with van der Waals surface area (Å²) >= 11 is 0. The molecule has 0 bridgehead atoms. The van der Waals surface area contributed by atoms with E-state index in [2.05, 4.69) is 21.1 Å². The van der Waals surface area contributed by atoms with Gasteiger partial charge in [-0.2, -0.15) is 0 Å². The van der Waals surface area contributed by atoms with Crippen LogP contribution in [0.15, 0.2) is 12.5 Å². The van der Waals surface area contributed by atoms with E-state index in [0.29, 0.717) is 6.04 Å². The largest absolute Gasteiger partial charge is 0.334 e. The molecule has 1 aromatic rings. The summed E-state index contributed by atoms with van der Waals surface area (Å²) in [4.78, 5) is 4.23. The summed E-state index contributed by atoms with van der Waals surface area (Å²) in [5.41, 5.74) is 1.12. The Morgan fingerprint density at radius 3 is 2.83 bits per heavy atom. The van der Waals surface area contributed by atoms with Gasteiger partial charge < -0.3 is 9.88 Å². The molecule has 1 aliphatic heterocycles. The van der Waals surface area contributed by atoms with E-state index in [1.54, 1.807) is 0 Å². The predicted molar refractivity (Wildman–Crippen MR) is 48.1 cm³/mol. The molecule has 2 heterocycles. The number of piperidine rings is 1. The molecule has 2 rings (SSSR count). The van der Waals surface area contributed by atoms with Crippen LogP contribution in [0.2, 0.25) is 0 Å². The Hall–Kier alpha value is -0.830. The normalized spacial score (nSPS) is 19.8. The molecule has 1 aromatic heterocycles. The zero-order valence-corrected chi connectivity index (χ0v) is 7.45. The molecule has 0 unspecified atom stereocenters. The second-order valence-electron chi connectivity index (χ2n) is 3.44. The molecular weight excluding hydrogens is 150 g/mol. The minimum Gasteiger partial charge on any atom is -0.334 e. The zero-order valence-electron chi connectivity index (χ0n) is 7.45. The average molecular weight is 165 g/mol. The van der Waals surface area contributed by atoms with Crippen molar-refractivity contribution in [3.8, 4) is 0 Å². The number of imidazole rings is 1. The first-order chi connectivity index (χ1) is 5.86. The molecule has 3 nitrogen and oxygen atoms in total. The van der Waals surface area contributed by atoms with Gasteiger partial charge in [-0.25, -0.2) is 4.98 Å².